The van der Waals surface area contributed by atoms with Crippen LogP contribution in [0.2, 0.25) is 10.0 Å². The zero-order valence-corrected chi connectivity index (χ0v) is 17.4. The fraction of sp³-hybridized carbons (Fsp3) is 0.500. The lowest BCUT2D eigenvalue weighted by molar-refractivity contribution is -0.0612. The summed E-state index contributed by atoms with van der Waals surface area (Å²) in [6.07, 6.45) is 4.94. The maximum Gasteiger partial charge on any atom is 0.319 e. The van der Waals surface area contributed by atoms with Crippen LogP contribution >= 0.6 is 23.2 Å². The standard InChI is InChI=1S/C20H23Cl2N3O3/c1-27-18-15(10-23-19(24-18)28-2)20(26)8-13-4-5-14(9-20)25(13)11-12-3-6-16(21)17(22)7-12/h3,6-7,10,13-14,26H,4-5,8-9,11H2,1-2H3. The van der Waals surface area contributed by atoms with Crippen LogP contribution in [0.4, 0.5) is 0 Å². The summed E-state index contributed by atoms with van der Waals surface area (Å²) >= 11 is 12.2. The lowest BCUT2D eigenvalue weighted by Crippen LogP contribution is -2.49. The van der Waals surface area contributed by atoms with Gasteiger partial charge in [0.05, 0.1) is 35.4 Å². The summed E-state index contributed by atoms with van der Waals surface area (Å²) in [6, 6.07) is 6.53. The molecule has 2 aliphatic heterocycles. The maximum absolute atomic E-state index is 11.5. The molecule has 2 aromatic rings. The Kier molecular flexibility index (Phi) is 5.40. The second kappa shape index (κ2) is 7.67. The first-order chi connectivity index (χ1) is 13.4. The second-order valence-electron chi connectivity index (χ2n) is 7.53. The molecule has 1 aromatic carbocycles. The molecular formula is C20H23Cl2N3O3. The molecule has 6 nitrogen and oxygen atoms in total. The van der Waals surface area contributed by atoms with Crippen molar-refractivity contribution in [1.82, 2.24) is 14.9 Å². The van der Waals surface area contributed by atoms with Gasteiger partial charge in [0.15, 0.2) is 0 Å². The van der Waals surface area contributed by atoms with Crippen molar-refractivity contribution in [3.8, 4) is 11.9 Å². The van der Waals surface area contributed by atoms with Gasteiger partial charge < -0.3 is 14.6 Å². The average Bonchev–Trinajstić information content (AvgIpc) is 2.93. The number of fused-ring (bicyclic) bond motifs is 2. The maximum atomic E-state index is 11.5. The summed E-state index contributed by atoms with van der Waals surface area (Å²) in [4.78, 5) is 10.9. The van der Waals surface area contributed by atoms with Crippen LogP contribution < -0.4 is 9.47 Å². The quantitative estimate of drug-likeness (QED) is 0.788. The normalized spacial score (nSPS) is 27.0. The Hall–Kier alpha value is -1.60. The summed E-state index contributed by atoms with van der Waals surface area (Å²) in [6.45, 7) is 0.790. The van der Waals surface area contributed by atoms with Gasteiger partial charge in [-0.3, -0.25) is 4.90 Å². The van der Waals surface area contributed by atoms with E-state index in [0.717, 1.165) is 24.9 Å². The van der Waals surface area contributed by atoms with Crippen molar-refractivity contribution in [1.29, 1.82) is 0 Å². The molecule has 3 heterocycles. The van der Waals surface area contributed by atoms with E-state index in [1.165, 1.54) is 7.11 Å². The molecule has 2 saturated heterocycles. The first-order valence-corrected chi connectivity index (χ1v) is 10.1. The molecule has 0 radical (unpaired) electrons. The van der Waals surface area contributed by atoms with E-state index >= 15 is 0 Å². The highest BCUT2D eigenvalue weighted by atomic mass is 35.5. The van der Waals surface area contributed by atoms with Gasteiger partial charge >= 0.3 is 6.01 Å². The van der Waals surface area contributed by atoms with Crippen molar-refractivity contribution >= 4 is 23.2 Å². The monoisotopic (exact) mass is 423 g/mol. The molecule has 2 fully saturated rings. The van der Waals surface area contributed by atoms with Gasteiger partial charge in [0.2, 0.25) is 5.88 Å². The Morgan fingerprint density at radius 1 is 1.14 bits per heavy atom. The third-order valence-corrected chi connectivity index (χ3v) is 6.61. The molecule has 150 valence electrons. The van der Waals surface area contributed by atoms with Crippen LogP contribution in [0.5, 0.6) is 11.9 Å². The number of piperidine rings is 1. The summed E-state index contributed by atoms with van der Waals surface area (Å²) in [5.41, 5.74) is 0.737. The number of methoxy groups -OCH3 is 2. The third-order valence-electron chi connectivity index (χ3n) is 5.88. The Bertz CT molecular complexity index is 866. The van der Waals surface area contributed by atoms with Crippen molar-refractivity contribution in [2.75, 3.05) is 14.2 Å². The number of ether oxygens (including phenoxy) is 2. The van der Waals surface area contributed by atoms with E-state index in [1.54, 1.807) is 13.3 Å². The van der Waals surface area contributed by atoms with Gasteiger partial charge in [-0.1, -0.05) is 29.3 Å². The molecule has 1 aromatic heterocycles. The minimum Gasteiger partial charge on any atom is -0.481 e. The number of aliphatic hydroxyl groups is 1. The summed E-state index contributed by atoms with van der Waals surface area (Å²) in [7, 11) is 3.05. The molecule has 1 N–H and O–H groups in total. The number of nitrogens with zero attached hydrogens (tertiary/aromatic N) is 3. The van der Waals surface area contributed by atoms with Crippen LogP contribution in [0.15, 0.2) is 24.4 Å². The molecule has 0 aliphatic carbocycles. The Balaban J connectivity index is 1.57. The molecule has 28 heavy (non-hydrogen) atoms. The summed E-state index contributed by atoms with van der Waals surface area (Å²) in [5, 5.41) is 12.6. The number of aromatic nitrogens is 2. The second-order valence-corrected chi connectivity index (χ2v) is 8.34. The van der Waals surface area contributed by atoms with E-state index in [4.69, 9.17) is 32.7 Å². The van der Waals surface area contributed by atoms with E-state index in [-0.39, 0.29) is 18.1 Å². The van der Waals surface area contributed by atoms with Gasteiger partial charge in [0.1, 0.15) is 0 Å². The Labute approximate surface area is 174 Å². The van der Waals surface area contributed by atoms with Gasteiger partial charge in [-0.15, -0.1) is 0 Å². The summed E-state index contributed by atoms with van der Waals surface area (Å²) < 4.78 is 10.5. The van der Waals surface area contributed by atoms with Gasteiger partial charge in [0.25, 0.3) is 0 Å². The molecule has 2 bridgehead atoms. The Morgan fingerprint density at radius 3 is 2.46 bits per heavy atom. The number of benzene rings is 1. The minimum atomic E-state index is -1.02. The van der Waals surface area contributed by atoms with Crippen LogP contribution in [0.1, 0.15) is 36.8 Å². The van der Waals surface area contributed by atoms with Crippen molar-refractivity contribution in [3.05, 3.63) is 45.6 Å². The molecular weight excluding hydrogens is 401 g/mol. The molecule has 2 aliphatic rings. The van der Waals surface area contributed by atoms with Crippen LogP contribution in [0.25, 0.3) is 0 Å². The molecule has 0 amide bonds. The highest BCUT2D eigenvalue weighted by Crippen LogP contribution is 2.48. The first-order valence-electron chi connectivity index (χ1n) is 9.31. The van der Waals surface area contributed by atoms with Crippen molar-refractivity contribution < 1.29 is 14.6 Å². The Morgan fingerprint density at radius 2 is 1.86 bits per heavy atom. The summed E-state index contributed by atoms with van der Waals surface area (Å²) in [5.74, 6) is 0.367. The van der Waals surface area contributed by atoms with Gasteiger partial charge in [-0.05, 0) is 43.4 Å². The SMILES string of the molecule is COc1ncc(C2(O)CC3CCC(C2)N3Cc2ccc(Cl)c(Cl)c2)c(OC)n1. The van der Waals surface area contributed by atoms with Crippen molar-refractivity contribution in [3.63, 3.8) is 0 Å². The van der Waals surface area contributed by atoms with Crippen LogP contribution in [0, 0.1) is 0 Å². The van der Waals surface area contributed by atoms with E-state index in [9.17, 15) is 5.11 Å². The lowest BCUT2D eigenvalue weighted by Gasteiger charge is -2.44. The molecule has 2 unspecified atom stereocenters. The zero-order chi connectivity index (χ0) is 19.9. The molecule has 0 spiro atoms. The van der Waals surface area contributed by atoms with Crippen molar-refractivity contribution in [2.24, 2.45) is 0 Å². The number of rotatable bonds is 5. The predicted octanol–water partition coefficient (Wildman–Crippen LogP) is 3.82. The smallest absolute Gasteiger partial charge is 0.319 e. The third kappa shape index (κ3) is 3.54. The topological polar surface area (TPSA) is 67.7 Å². The van der Waals surface area contributed by atoms with Crippen LogP contribution in [0.3, 0.4) is 0 Å². The highest BCUT2D eigenvalue weighted by Gasteiger charge is 2.49. The largest absolute Gasteiger partial charge is 0.481 e. The van der Waals surface area contributed by atoms with Crippen LogP contribution in [-0.2, 0) is 12.1 Å². The fourth-order valence-corrected chi connectivity index (χ4v) is 4.89. The van der Waals surface area contributed by atoms with Crippen LogP contribution in [-0.4, -0.2) is 46.3 Å². The number of hydrogen-bond donors (Lipinski definition) is 1. The van der Waals surface area contributed by atoms with E-state index in [2.05, 4.69) is 14.9 Å². The van der Waals surface area contributed by atoms with E-state index in [1.807, 2.05) is 18.2 Å². The van der Waals surface area contributed by atoms with E-state index < -0.39 is 5.60 Å². The zero-order valence-electron chi connectivity index (χ0n) is 15.9. The van der Waals surface area contributed by atoms with Gasteiger partial charge in [-0.2, -0.15) is 4.98 Å². The van der Waals surface area contributed by atoms with Gasteiger partial charge in [-0.25, -0.2) is 4.98 Å². The highest BCUT2D eigenvalue weighted by molar-refractivity contribution is 6.42. The fourth-order valence-electron chi connectivity index (χ4n) is 4.57. The predicted molar refractivity (Wildman–Crippen MR) is 107 cm³/mol. The van der Waals surface area contributed by atoms with E-state index in [0.29, 0.717) is 34.3 Å². The number of hydrogen-bond acceptors (Lipinski definition) is 6. The molecule has 2 atom stereocenters. The number of halogens is 2. The molecule has 8 heteroatoms. The molecule has 0 saturated carbocycles. The van der Waals surface area contributed by atoms with Gasteiger partial charge in [0, 0.05) is 24.8 Å². The first kappa shape index (κ1) is 19.7. The minimum absolute atomic E-state index is 0.226. The lowest BCUT2D eigenvalue weighted by atomic mass is 9.81. The average molecular weight is 424 g/mol. The molecule has 4 rings (SSSR count). The van der Waals surface area contributed by atoms with Crippen molar-refractivity contribution in [2.45, 2.75) is 49.9 Å².